The SMILES string of the molecule is CC(=O)Nc1ccc(SC(C)C(=O)NCc2ccc(-c3nc4ccccc4s3)o2)cc1. The van der Waals surface area contributed by atoms with Crippen molar-refractivity contribution in [1.82, 2.24) is 10.3 Å². The van der Waals surface area contributed by atoms with Crippen LogP contribution in [0.2, 0.25) is 0 Å². The molecule has 2 aromatic carbocycles. The molecule has 0 bridgehead atoms. The van der Waals surface area contributed by atoms with Gasteiger partial charge in [0.25, 0.3) is 0 Å². The van der Waals surface area contributed by atoms with Crippen LogP contribution in [0.3, 0.4) is 0 Å². The molecule has 0 radical (unpaired) electrons. The summed E-state index contributed by atoms with van der Waals surface area (Å²) >= 11 is 3.03. The fourth-order valence-electron chi connectivity index (χ4n) is 2.96. The Balaban J connectivity index is 1.31. The third-order valence-electron chi connectivity index (χ3n) is 4.46. The van der Waals surface area contributed by atoms with Crippen molar-refractivity contribution in [2.24, 2.45) is 0 Å². The Morgan fingerprint density at radius 2 is 1.87 bits per heavy atom. The van der Waals surface area contributed by atoms with Crippen molar-refractivity contribution in [3.63, 3.8) is 0 Å². The minimum atomic E-state index is -0.273. The van der Waals surface area contributed by atoms with Crippen molar-refractivity contribution >= 4 is 50.8 Å². The standard InChI is InChI=1S/C23H21N3O3S2/c1-14(30-18-10-7-16(8-11-18)25-15(2)27)22(28)24-13-17-9-12-20(29-17)23-26-19-5-3-4-6-21(19)31-23/h3-12,14H,13H2,1-2H3,(H,24,28)(H,25,27). The van der Waals surface area contributed by atoms with Crippen molar-refractivity contribution in [3.05, 3.63) is 66.4 Å². The van der Waals surface area contributed by atoms with Crippen LogP contribution in [0.1, 0.15) is 19.6 Å². The molecule has 158 valence electrons. The summed E-state index contributed by atoms with van der Waals surface area (Å²) in [7, 11) is 0. The first-order chi connectivity index (χ1) is 15.0. The molecule has 4 rings (SSSR count). The third-order valence-corrected chi connectivity index (χ3v) is 6.62. The first-order valence-electron chi connectivity index (χ1n) is 9.74. The Bertz CT molecular complexity index is 1180. The molecule has 0 aliphatic rings. The van der Waals surface area contributed by atoms with Gasteiger partial charge in [-0.3, -0.25) is 9.59 Å². The lowest BCUT2D eigenvalue weighted by atomic mass is 10.3. The van der Waals surface area contributed by atoms with E-state index in [9.17, 15) is 9.59 Å². The van der Waals surface area contributed by atoms with E-state index in [0.29, 0.717) is 18.1 Å². The molecule has 2 aromatic heterocycles. The predicted octanol–water partition coefficient (Wildman–Crippen LogP) is 5.31. The molecule has 0 aliphatic carbocycles. The molecule has 31 heavy (non-hydrogen) atoms. The molecule has 4 aromatic rings. The van der Waals surface area contributed by atoms with Crippen LogP contribution in [0, 0.1) is 0 Å². The minimum Gasteiger partial charge on any atom is -0.457 e. The van der Waals surface area contributed by atoms with Crippen molar-refractivity contribution in [1.29, 1.82) is 0 Å². The molecule has 6 nitrogen and oxygen atoms in total. The number of rotatable bonds is 7. The minimum absolute atomic E-state index is 0.0751. The van der Waals surface area contributed by atoms with E-state index in [2.05, 4.69) is 15.6 Å². The number of nitrogens with zero attached hydrogens (tertiary/aromatic N) is 1. The molecule has 0 fully saturated rings. The highest BCUT2D eigenvalue weighted by Crippen LogP contribution is 2.31. The van der Waals surface area contributed by atoms with Gasteiger partial charge in [-0.25, -0.2) is 4.98 Å². The van der Waals surface area contributed by atoms with E-state index in [0.717, 1.165) is 25.8 Å². The number of thiazole rings is 1. The van der Waals surface area contributed by atoms with E-state index >= 15 is 0 Å². The van der Waals surface area contributed by atoms with Crippen LogP contribution in [0.4, 0.5) is 5.69 Å². The summed E-state index contributed by atoms with van der Waals surface area (Å²) in [6, 6.07) is 19.1. The number of amides is 2. The van der Waals surface area contributed by atoms with E-state index in [4.69, 9.17) is 4.42 Å². The highest BCUT2D eigenvalue weighted by molar-refractivity contribution is 8.00. The topological polar surface area (TPSA) is 84.2 Å². The monoisotopic (exact) mass is 451 g/mol. The van der Waals surface area contributed by atoms with E-state index in [1.807, 2.05) is 67.6 Å². The number of carbonyl (C=O) groups excluding carboxylic acids is 2. The summed E-state index contributed by atoms with van der Waals surface area (Å²) in [6.07, 6.45) is 0. The lowest BCUT2D eigenvalue weighted by molar-refractivity contribution is -0.120. The molecular weight excluding hydrogens is 430 g/mol. The van der Waals surface area contributed by atoms with Crippen molar-refractivity contribution < 1.29 is 14.0 Å². The van der Waals surface area contributed by atoms with Crippen molar-refractivity contribution in [2.75, 3.05) is 5.32 Å². The van der Waals surface area contributed by atoms with Gasteiger partial charge in [0.1, 0.15) is 5.76 Å². The number of para-hydroxylation sites is 1. The van der Waals surface area contributed by atoms with Crippen LogP contribution in [0.25, 0.3) is 21.0 Å². The lowest BCUT2D eigenvalue weighted by Gasteiger charge is -2.12. The summed E-state index contributed by atoms with van der Waals surface area (Å²) in [4.78, 5) is 29.1. The molecule has 2 amide bonds. The van der Waals surface area contributed by atoms with Gasteiger partial charge in [0.2, 0.25) is 11.8 Å². The average molecular weight is 452 g/mol. The molecule has 2 N–H and O–H groups in total. The first kappa shape index (κ1) is 21.1. The Morgan fingerprint density at radius 1 is 1.10 bits per heavy atom. The second-order valence-electron chi connectivity index (χ2n) is 6.94. The highest BCUT2D eigenvalue weighted by atomic mass is 32.2. The van der Waals surface area contributed by atoms with Crippen LogP contribution in [0.15, 0.2) is 70.0 Å². The van der Waals surface area contributed by atoms with E-state index in [-0.39, 0.29) is 17.1 Å². The van der Waals surface area contributed by atoms with Gasteiger partial charge in [0.15, 0.2) is 10.8 Å². The summed E-state index contributed by atoms with van der Waals surface area (Å²) < 4.78 is 7.00. The number of fused-ring (bicyclic) bond motifs is 1. The Morgan fingerprint density at radius 3 is 2.61 bits per heavy atom. The number of aromatic nitrogens is 1. The number of hydrogen-bond donors (Lipinski definition) is 2. The maximum absolute atomic E-state index is 12.5. The molecule has 0 saturated carbocycles. The molecule has 1 unspecified atom stereocenters. The van der Waals surface area contributed by atoms with E-state index in [1.54, 1.807) is 11.3 Å². The number of benzene rings is 2. The van der Waals surface area contributed by atoms with Gasteiger partial charge < -0.3 is 15.1 Å². The Hall–Kier alpha value is -3.10. The van der Waals surface area contributed by atoms with Gasteiger partial charge in [0, 0.05) is 17.5 Å². The number of thioether (sulfide) groups is 1. The number of hydrogen-bond acceptors (Lipinski definition) is 6. The smallest absolute Gasteiger partial charge is 0.233 e. The lowest BCUT2D eigenvalue weighted by Crippen LogP contribution is -2.30. The van der Waals surface area contributed by atoms with E-state index in [1.165, 1.54) is 18.7 Å². The molecule has 8 heteroatoms. The zero-order valence-electron chi connectivity index (χ0n) is 17.0. The van der Waals surface area contributed by atoms with Crippen molar-refractivity contribution in [2.45, 2.75) is 30.5 Å². The van der Waals surface area contributed by atoms with Gasteiger partial charge in [-0.1, -0.05) is 12.1 Å². The molecule has 0 aliphatic heterocycles. The average Bonchev–Trinajstić information content (AvgIpc) is 3.39. The van der Waals surface area contributed by atoms with Crippen LogP contribution < -0.4 is 10.6 Å². The zero-order valence-corrected chi connectivity index (χ0v) is 18.7. The van der Waals surface area contributed by atoms with Gasteiger partial charge in [-0.05, 0) is 55.5 Å². The second kappa shape index (κ2) is 9.36. The summed E-state index contributed by atoms with van der Waals surface area (Å²) in [5.74, 6) is 1.19. The quantitative estimate of drug-likeness (QED) is 0.372. The molecule has 0 spiro atoms. The highest BCUT2D eigenvalue weighted by Gasteiger charge is 2.16. The molecule has 1 atom stereocenters. The number of furan rings is 1. The molecule has 0 saturated heterocycles. The number of carbonyl (C=O) groups is 2. The van der Waals surface area contributed by atoms with Gasteiger partial charge in [0.05, 0.1) is 22.0 Å². The summed E-state index contributed by atoms with van der Waals surface area (Å²) in [5.41, 5.74) is 1.68. The van der Waals surface area contributed by atoms with Gasteiger partial charge in [-0.15, -0.1) is 23.1 Å². The second-order valence-corrected chi connectivity index (χ2v) is 9.38. The Labute approximate surface area is 188 Å². The van der Waals surface area contributed by atoms with Crippen LogP contribution in [-0.4, -0.2) is 22.0 Å². The maximum Gasteiger partial charge on any atom is 0.233 e. The van der Waals surface area contributed by atoms with Crippen LogP contribution >= 0.6 is 23.1 Å². The van der Waals surface area contributed by atoms with Crippen LogP contribution in [-0.2, 0) is 16.1 Å². The van der Waals surface area contributed by atoms with Crippen LogP contribution in [0.5, 0.6) is 0 Å². The Kier molecular flexibility index (Phi) is 6.39. The fourth-order valence-corrected chi connectivity index (χ4v) is 4.78. The summed E-state index contributed by atoms with van der Waals surface area (Å²) in [5, 5.41) is 6.20. The fraction of sp³-hybridized carbons (Fsp3) is 0.174. The first-order valence-corrected chi connectivity index (χ1v) is 11.4. The predicted molar refractivity (Wildman–Crippen MR) is 125 cm³/mol. The number of anilines is 1. The normalized spacial score (nSPS) is 11.9. The summed E-state index contributed by atoms with van der Waals surface area (Å²) in [6.45, 7) is 3.64. The van der Waals surface area contributed by atoms with Crippen molar-refractivity contribution in [3.8, 4) is 10.8 Å². The third kappa shape index (κ3) is 5.34. The maximum atomic E-state index is 12.5. The zero-order chi connectivity index (χ0) is 21.8. The molecular formula is C23H21N3O3S2. The van der Waals surface area contributed by atoms with Gasteiger partial charge in [-0.2, -0.15) is 0 Å². The van der Waals surface area contributed by atoms with E-state index < -0.39 is 0 Å². The number of nitrogens with one attached hydrogen (secondary N) is 2. The van der Waals surface area contributed by atoms with Gasteiger partial charge >= 0.3 is 0 Å². The molecule has 2 heterocycles. The largest absolute Gasteiger partial charge is 0.457 e.